The lowest BCUT2D eigenvalue weighted by atomic mass is 10.0. The zero-order valence-electron chi connectivity index (χ0n) is 23.2. The molecule has 2 aromatic carbocycles. The smallest absolute Gasteiger partial charge is 0.407 e. The van der Waals surface area contributed by atoms with Crippen LogP contribution >= 0.6 is 0 Å². The molecule has 1 amide bonds. The number of benzene rings is 2. The summed E-state index contributed by atoms with van der Waals surface area (Å²) in [5.74, 6) is -0.579. The van der Waals surface area contributed by atoms with Crippen LogP contribution in [-0.2, 0) is 4.74 Å². The number of carbonyl (C=O) groups is 1. The first-order chi connectivity index (χ1) is 19.6. The molecule has 1 fully saturated rings. The summed E-state index contributed by atoms with van der Waals surface area (Å²) >= 11 is 0. The number of alkyl carbamates (subject to hydrolysis) is 1. The van der Waals surface area contributed by atoms with Gasteiger partial charge in [0.25, 0.3) is 0 Å². The van der Waals surface area contributed by atoms with Gasteiger partial charge < -0.3 is 19.7 Å². The van der Waals surface area contributed by atoms with Gasteiger partial charge in [0.2, 0.25) is 0 Å². The van der Waals surface area contributed by atoms with Crippen molar-refractivity contribution in [2.45, 2.75) is 45.3 Å². The number of nitriles is 1. The molecule has 41 heavy (non-hydrogen) atoms. The second-order valence-corrected chi connectivity index (χ2v) is 10.8. The Labute approximate surface area is 236 Å². The van der Waals surface area contributed by atoms with Crippen LogP contribution in [0, 0.1) is 23.0 Å². The number of nitrogens with one attached hydrogen (secondary N) is 1. The average Bonchev–Trinajstić information content (AvgIpc) is 3.32. The molecule has 1 N–H and O–H groups in total. The van der Waals surface area contributed by atoms with Crippen LogP contribution in [0.4, 0.5) is 19.4 Å². The third-order valence-corrected chi connectivity index (χ3v) is 6.75. The fourth-order valence-corrected chi connectivity index (χ4v) is 4.99. The van der Waals surface area contributed by atoms with E-state index >= 15 is 0 Å². The number of imidazole rings is 1. The minimum absolute atomic E-state index is 0.0891. The number of carbonyl (C=O) groups excluding carboxylic acids is 1. The molecule has 0 bridgehead atoms. The molecule has 0 aliphatic carbocycles. The summed E-state index contributed by atoms with van der Waals surface area (Å²) < 4.78 is 41.9. The van der Waals surface area contributed by atoms with E-state index < -0.39 is 23.3 Å². The standard InChI is InChI=1S/C30H30F2N6O3/c1-30(2,3)41-29(39)35-21-6-5-12-37(17-21)27-28-36-25(18-7-8-20(16-33)22(31)14-18)26(38(28)13-11-34-27)19-9-10-24(40-4)23(32)15-19/h7-11,13-15,21H,5-6,12,17H2,1-4H3,(H,35,39)/t21-/m1/s1. The van der Waals surface area contributed by atoms with Gasteiger partial charge in [0.1, 0.15) is 17.5 Å². The number of aromatic nitrogens is 3. The lowest BCUT2D eigenvalue weighted by Gasteiger charge is -2.34. The molecule has 0 radical (unpaired) electrons. The first-order valence-corrected chi connectivity index (χ1v) is 13.2. The predicted molar refractivity (Wildman–Crippen MR) is 150 cm³/mol. The number of anilines is 1. The molecular weight excluding hydrogens is 530 g/mol. The van der Waals surface area contributed by atoms with Gasteiger partial charge in [0.05, 0.1) is 24.1 Å². The molecule has 0 spiro atoms. The van der Waals surface area contributed by atoms with Crippen molar-refractivity contribution in [1.82, 2.24) is 19.7 Å². The van der Waals surface area contributed by atoms with Crippen molar-refractivity contribution in [3.8, 4) is 34.3 Å². The van der Waals surface area contributed by atoms with Crippen LogP contribution in [0.1, 0.15) is 39.2 Å². The molecule has 1 saturated heterocycles. The highest BCUT2D eigenvalue weighted by Crippen LogP contribution is 2.37. The van der Waals surface area contributed by atoms with Crippen molar-refractivity contribution in [1.29, 1.82) is 5.26 Å². The van der Waals surface area contributed by atoms with Crippen LogP contribution in [0.5, 0.6) is 5.75 Å². The van der Waals surface area contributed by atoms with Gasteiger partial charge in [-0.2, -0.15) is 5.26 Å². The van der Waals surface area contributed by atoms with E-state index in [-0.39, 0.29) is 17.4 Å². The van der Waals surface area contributed by atoms with E-state index in [2.05, 4.69) is 10.3 Å². The van der Waals surface area contributed by atoms with Crippen LogP contribution in [0.25, 0.3) is 28.2 Å². The molecule has 3 heterocycles. The van der Waals surface area contributed by atoms with E-state index in [0.29, 0.717) is 47.1 Å². The van der Waals surface area contributed by atoms with Crippen molar-refractivity contribution < 1.29 is 23.0 Å². The van der Waals surface area contributed by atoms with E-state index in [9.17, 15) is 18.8 Å². The van der Waals surface area contributed by atoms with Crippen LogP contribution in [0.2, 0.25) is 0 Å². The summed E-state index contributed by atoms with van der Waals surface area (Å²) in [5.41, 5.74) is 1.62. The summed E-state index contributed by atoms with van der Waals surface area (Å²) in [4.78, 5) is 24.0. The molecule has 4 aromatic rings. The second kappa shape index (κ2) is 11.0. The Balaban J connectivity index is 1.60. The predicted octanol–water partition coefficient (Wildman–Crippen LogP) is 5.72. The van der Waals surface area contributed by atoms with Gasteiger partial charge in [-0.1, -0.05) is 6.07 Å². The van der Waals surface area contributed by atoms with Crippen molar-refractivity contribution in [3.05, 3.63) is 66.0 Å². The SMILES string of the molecule is COc1ccc(-c2c(-c3ccc(C#N)c(F)c3)nc3c(N4CCC[C@@H](NC(=O)OC(C)(C)C)C4)nccn23)cc1F. The molecule has 11 heteroatoms. The van der Waals surface area contributed by atoms with Crippen LogP contribution < -0.4 is 15.0 Å². The molecule has 0 saturated carbocycles. The maximum Gasteiger partial charge on any atom is 0.407 e. The Morgan fingerprint density at radius 3 is 2.59 bits per heavy atom. The minimum Gasteiger partial charge on any atom is -0.494 e. The normalized spacial score (nSPS) is 15.4. The number of rotatable bonds is 5. The van der Waals surface area contributed by atoms with Gasteiger partial charge in [0, 0.05) is 42.7 Å². The van der Waals surface area contributed by atoms with Crippen LogP contribution in [0.15, 0.2) is 48.8 Å². The number of nitrogens with zero attached hydrogens (tertiary/aromatic N) is 5. The van der Waals surface area contributed by atoms with Crippen molar-refractivity contribution in [2.75, 3.05) is 25.1 Å². The summed E-state index contributed by atoms with van der Waals surface area (Å²) in [7, 11) is 1.39. The highest BCUT2D eigenvalue weighted by atomic mass is 19.1. The number of fused-ring (bicyclic) bond motifs is 1. The summed E-state index contributed by atoms with van der Waals surface area (Å²) in [6, 6.07) is 10.5. The Hall–Kier alpha value is -4.72. The topological polar surface area (TPSA) is 105 Å². The molecule has 1 aliphatic rings. The highest BCUT2D eigenvalue weighted by Gasteiger charge is 2.28. The summed E-state index contributed by atoms with van der Waals surface area (Å²) in [6.45, 7) is 6.59. The van der Waals surface area contributed by atoms with E-state index in [4.69, 9.17) is 14.5 Å². The summed E-state index contributed by atoms with van der Waals surface area (Å²) in [6.07, 6.45) is 4.44. The molecule has 0 unspecified atom stereocenters. The molecule has 5 rings (SSSR count). The lowest BCUT2D eigenvalue weighted by Crippen LogP contribution is -2.49. The summed E-state index contributed by atoms with van der Waals surface area (Å²) in [5, 5.41) is 12.2. The van der Waals surface area contributed by atoms with Gasteiger partial charge in [-0.25, -0.2) is 23.5 Å². The molecule has 1 aliphatic heterocycles. The monoisotopic (exact) mass is 560 g/mol. The zero-order valence-corrected chi connectivity index (χ0v) is 23.2. The molecule has 2 aromatic heterocycles. The van der Waals surface area contributed by atoms with Gasteiger partial charge in [0.15, 0.2) is 23.0 Å². The van der Waals surface area contributed by atoms with E-state index in [0.717, 1.165) is 12.8 Å². The number of hydrogen-bond acceptors (Lipinski definition) is 7. The van der Waals surface area contributed by atoms with Gasteiger partial charge in [-0.05, 0) is 63.9 Å². The van der Waals surface area contributed by atoms with Crippen LogP contribution in [-0.4, -0.2) is 52.3 Å². The minimum atomic E-state index is -0.681. The number of piperidine rings is 1. The van der Waals surface area contributed by atoms with Gasteiger partial charge in [-0.15, -0.1) is 0 Å². The second-order valence-electron chi connectivity index (χ2n) is 10.8. The molecular formula is C30H30F2N6O3. The van der Waals surface area contributed by atoms with E-state index in [1.807, 2.05) is 31.7 Å². The Kier molecular flexibility index (Phi) is 7.49. The number of hydrogen-bond donors (Lipinski definition) is 1. The third kappa shape index (κ3) is 5.77. The van der Waals surface area contributed by atoms with Gasteiger partial charge >= 0.3 is 6.09 Å². The maximum atomic E-state index is 14.8. The van der Waals surface area contributed by atoms with E-state index in [1.165, 1.54) is 31.4 Å². The highest BCUT2D eigenvalue weighted by molar-refractivity contribution is 5.85. The van der Waals surface area contributed by atoms with Crippen molar-refractivity contribution in [2.24, 2.45) is 0 Å². The van der Waals surface area contributed by atoms with Crippen LogP contribution in [0.3, 0.4) is 0 Å². The molecule has 9 nitrogen and oxygen atoms in total. The quantitative estimate of drug-likeness (QED) is 0.333. The Morgan fingerprint density at radius 1 is 1.15 bits per heavy atom. The fraction of sp³-hybridized carbons (Fsp3) is 0.333. The maximum absolute atomic E-state index is 14.8. The first kappa shape index (κ1) is 27.8. The largest absolute Gasteiger partial charge is 0.494 e. The number of amides is 1. The fourth-order valence-electron chi connectivity index (χ4n) is 4.99. The van der Waals surface area contributed by atoms with Gasteiger partial charge in [-0.3, -0.25) is 4.40 Å². The van der Waals surface area contributed by atoms with E-state index in [1.54, 1.807) is 28.9 Å². The van der Waals surface area contributed by atoms with Crippen molar-refractivity contribution in [3.63, 3.8) is 0 Å². The molecule has 212 valence electrons. The third-order valence-electron chi connectivity index (χ3n) is 6.75. The number of halogens is 2. The average molecular weight is 561 g/mol. The Bertz CT molecular complexity index is 1660. The number of methoxy groups -OCH3 is 1. The molecule has 1 atom stereocenters. The number of ether oxygens (including phenoxy) is 2. The lowest BCUT2D eigenvalue weighted by molar-refractivity contribution is 0.0500. The first-order valence-electron chi connectivity index (χ1n) is 13.2. The zero-order chi connectivity index (χ0) is 29.3. The van der Waals surface area contributed by atoms with Crippen molar-refractivity contribution >= 4 is 17.6 Å². The Morgan fingerprint density at radius 2 is 1.90 bits per heavy atom.